The summed E-state index contributed by atoms with van der Waals surface area (Å²) in [6.07, 6.45) is 0.955. The number of methoxy groups -OCH3 is 1. The number of rotatable bonds is 3. The van der Waals surface area contributed by atoms with Crippen molar-refractivity contribution in [2.75, 3.05) is 7.11 Å². The van der Waals surface area contributed by atoms with E-state index >= 15 is 0 Å². The molecule has 0 saturated carbocycles. The molecule has 2 atom stereocenters. The van der Waals surface area contributed by atoms with Crippen LogP contribution in [-0.4, -0.2) is 29.4 Å². The number of ether oxygens (including phenoxy) is 1. The van der Waals surface area contributed by atoms with Gasteiger partial charge in [-0.1, -0.05) is 0 Å². The highest BCUT2D eigenvalue weighted by Gasteiger charge is 2.29. The second kappa shape index (κ2) is 4.72. The van der Waals surface area contributed by atoms with Gasteiger partial charge in [0.2, 0.25) is 0 Å². The van der Waals surface area contributed by atoms with Gasteiger partial charge in [-0.2, -0.15) is 0 Å². The summed E-state index contributed by atoms with van der Waals surface area (Å²) in [5, 5.41) is 10.9. The molecule has 4 heteroatoms. The van der Waals surface area contributed by atoms with Crippen LogP contribution in [-0.2, 0) is 0 Å². The largest absolute Gasteiger partial charge is 0.497 e. The molecule has 84 valence electrons. The summed E-state index contributed by atoms with van der Waals surface area (Å²) in [7, 11) is 1.58. The molecule has 2 unspecified atom stereocenters. The number of thioether (sulfide) groups is 1. The van der Waals surface area contributed by atoms with E-state index in [1.165, 1.54) is 11.8 Å². The van der Waals surface area contributed by atoms with E-state index in [4.69, 9.17) is 4.74 Å². The van der Waals surface area contributed by atoms with E-state index in [0.717, 1.165) is 0 Å². The van der Waals surface area contributed by atoms with Gasteiger partial charge < -0.3 is 9.84 Å². The lowest BCUT2D eigenvalue weighted by Gasteiger charge is -2.12. The molecule has 0 spiro atoms. The number of aliphatic hydroxyl groups is 1. The lowest BCUT2D eigenvalue weighted by atomic mass is 10.0. The summed E-state index contributed by atoms with van der Waals surface area (Å²) in [6, 6.07) is 6.92. The molecule has 0 bridgehead atoms. The highest BCUT2D eigenvalue weighted by molar-refractivity contribution is 8.03. The Hall–Kier alpha value is -1.26. The molecule has 0 aliphatic carbocycles. The zero-order valence-electron chi connectivity index (χ0n) is 8.79. The smallest absolute Gasteiger partial charge is 0.179 e. The molecule has 3 nitrogen and oxygen atoms in total. The van der Waals surface area contributed by atoms with E-state index in [2.05, 4.69) is 0 Å². The minimum absolute atomic E-state index is 0.0508. The van der Waals surface area contributed by atoms with Gasteiger partial charge in [0.05, 0.1) is 13.2 Å². The maximum atomic E-state index is 12.0. The van der Waals surface area contributed by atoms with Gasteiger partial charge in [0, 0.05) is 5.56 Å². The van der Waals surface area contributed by atoms with Crippen molar-refractivity contribution in [3.05, 3.63) is 41.3 Å². The molecule has 0 fully saturated rings. The topological polar surface area (TPSA) is 46.5 Å². The number of carbonyl (C=O) groups excluding carboxylic acids is 1. The highest BCUT2D eigenvalue weighted by Crippen LogP contribution is 2.28. The Morgan fingerprint density at radius 2 is 2.06 bits per heavy atom. The van der Waals surface area contributed by atoms with E-state index in [1.807, 2.05) is 0 Å². The third kappa shape index (κ3) is 2.13. The molecule has 0 amide bonds. The SMILES string of the molecule is COc1ccc(C(=O)C2SC=CC2O)cc1. The van der Waals surface area contributed by atoms with Crippen LogP contribution in [0.5, 0.6) is 5.75 Å². The van der Waals surface area contributed by atoms with Crippen molar-refractivity contribution in [3.63, 3.8) is 0 Å². The van der Waals surface area contributed by atoms with Crippen LogP contribution in [0.4, 0.5) is 0 Å². The van der Waals surface area contributed by atoms with Gasteiger partial charge in [-0.15, -0.1) is 11.8 Å². The molecule has 16 heavy (non-hydrogen) atoms. The van der Waals surface area contributed by atoms with Crippen molar-refractivity contribution in [1.29, 1.82) is 0 Å². The molecule has 2 rings (SSSR count). The molecule has 1 N–H and O–H groups in total. The third-order valence-corrected chi connectivity index (χ3v) is 3.54. The van der Waals surface area contributed by atoms with Gasteiger partial charge in [0.1, 0.15) is 11.0 Å². The molecular weight excluding hydrogens is 224 g/mol. The van der Waals surface area contributed by atoms with E-state index in [0.29, 0.717) is 11.3 Å². The molecule has 1 heterocycles. The number of Topliss-reactive ketones (excluding diaryl/α,β-unsaturated/α-hetero) is 1. The zero-order valence-corrected chi connectivity index (χ0v) is 9.61. The fraction of sp³-hybridized carbons (Fsp3) is 0.250. The van der Waals surface area contributed by atoms with Gasteiger partial charge >= 0.3 is 0 Å². The van der Waals surface area contributed by atoms with Crippen LogP contribution in [0.2, 0.25) is 0 Å². The average Bonchev–Trinajstić information content (AvgIpc) is 2.75. The number of ketones is 1. The van der Waals surface area contributed by atoms with Crippen molar-refractivity contribution in [2.24, 2.45) is 0 Å². The number of carbonyl (C=O) groups is 1. The first-order chi connectivity index (χ1) is 7.72. The first-order valence-electron chi connectivity index (χ1n) is 4.91. The minimum atomic E-state index is -0.681. The number of benzene rings is 1. The second-order valence-electron chi connectivity index (χ2n) is 3.47. The lowest BCUT2D eigenvalue weighted by molar-refractivity contribution is 0.0938. The van der Waals surface area contributed by atoms with Crippen molar-refractivity contribution in [1.82, 2.24) is 0 Å². The van der Waals surface area contributed by atoms with Gasteiger partial charge in [-0.05, 0) is 35.7 Å². The van der Waals surface area contributed by atoms with Gasteiger partial charge in [-0.25, -0.2) is 0 Å². The Kier molecular flexibility index (Phi) is 3.31. The lowest BCUT2D eigenvalue weighted by Crippen LogP contribution is -2.26. The van der Waals surface area contributed by atoms with E-state index in [-0.39, 0.29) is 5.78 Å². The second-order valence-corrected chi connectivity index (χ2v) is 4.52. The summed E-state index contributed by atoms with van der Waals surface area (Å²) in [6.45, 7) is 0. The summed E-state index contributed by atoms with van der Waals surface area (Å²) < 4.78 is 5.02. The van der Waals surface area contributed by atoms with Crippen molar-refractivity contribution in [2.45, 2.75) is 11.4 Å². The van der Waals surface area contributed by atoms with Crippen LogP contribution in [0.1, 0.15) is 10.4 Å². The van der Waals surface area contributed by atoms with E-state index < -0.39 is 11.4 Å². The first-order valence-corrected chi connectivity index (χ1v) is 5.85. The quantitative estimate of drug-likeness (QED) is 0.814. The molecule has 0 radical (unpaired) electrons. The highest BCUT2D eigenvalue weighted by atomic mass is 32.2. The summed E-state index contributed by atoms with van der Waals surface area (Å²) >= 11 is 1.35. The molecule has 1 aromatic rings. The van der Waals surface area contributed by atoms with Crippen LogP contribution in [0.25, 0.3) is 0 Å². The minimum Gasteiger partial charge on any atom is -0.497 e. The van der Waals surface area contributed by atoms with Crippen LogP contribution >= 0.6 is 11.8 Å². The van der Waals surface area contributed by atoms with Crippen LogP contribution in [0.15, 0.2) is 35.7 Å². The Labute approximate surface area is 98.1 Å². The zero-order chi connectivity index (χ0) is 11.5. The summed E-state index contributed by atoms with van der Waals surface area (Å²) in [4.78, 5) is 12.0. The maximum Gasteiger partial charge on any atom is 0.179 e. The number of hydrogen-bond donors (Lipinski definition) is 1. The Morgan fingerprint density at radius 1 is 1.38 bits per heavy atom. The Morgan fingerprint density at radius 3 is 2.56 bits per heavy atom. The first kappa shape index (κ1) is 11.2. The van der Waals surface area contributed by atoms with E-state index in [1.54, 1.807) is 42.9 Å². The van der Waals surface area contributed by atoms with Crippen molar-refractivity contribution >= 4 is 17.5 Å². The average molecular weight is 236 g/mol. The van der Waals surface area contributed by atoms with Crippen LogP contribution < -0.4 is 4.74 Å². The van der Waals surface area contributed by atoms with Gasteiger partial charge in [0.15, 0.2) is 5.78 Å². The molecule has 0 aromatic heterocycles. The van der Waals surface area contributed by atoms with Crippen LogP contribution in [0.3, 0.4) is 0 Å². The Bertz CT molecular complexity index is 411. The van der Waals surface area contributed by atoms with E-state index in [9.17, 15) is 9.90 Å². The maximum absolute atomic E-state index is 12.0. The fourth-order valence-corrected chi connectivity index (χ4v) is 2.46. The van der Waals surface area contributed by atoms with Crippen molar-refractivity contribution in [3.8, 4) is 5.75 Å². The van der Waals surface area contributed by atoms with Crippen molar-refractivity contribution < 1.29 is 14.6 Å². The predicted molar refractivity (Wildman–Crippen MR) is 63.9 cm³/mol. The molecule has 0 saturated heterocycles. The molecule has 1 aliphatic rings. The molecule has 1 aromatic carbocycles. The van der Waals surface area contributed by atoms with Crippen LogP contribution in [0, 0.1) is 0 Å². The number of hydrogen-bond acceptors (Lipinski definition) is 4. The van der Waals surface area contributed by atoms with Gasteiger partial charge in [0.25, 0.3) is 0 Å². The normalized spacial score (nSPS) is 23.4. The number of aliphatic hydroxyl groups excluding tert-OH is 1. The summed E-state index contributed by atoms with van der Waals surface area (Å²) in [5.41, 5.74) is 0.598. The fourth-order valence-electron chi connectivity index (χ4n) is 1.53. The predicted octanol–water partition coefficient (Wildman–Crippen LogP) is 1.87. The molecular formula is C12H12O3S. The Balaban J connectivity index is 2.14. The third-order valence-electron chi connectivity index (χ3n) is 2.44. The monoisotopic (exact) mass is 236 g/mol. The molecule has 1 aliphatic heterocycles. The van der Waals surface area contributed by atoms with Gasteiger partial charge in [-0.3, -0.25) is 4.79 Å². The summed E-state index contributed by atoms with van der Waals surface area (Å²) in [5.74, 6) is 0.666. The standard InChI is InChI=1S/C12H12O3S/c1-15-9-4-2-8(3-5-9)11(14)12-10(13)6-7-16-12/h2-7,10,12-13H,1H3.